The first kappa shape index (κ1) is 9.09. The molecule has 0 aromatic rings. The van der Waals surface area contributed by atoms with Crippen molar-refractivity contribution in [3.63, 3.8) is 0 Å². The van der Waals surface area contributed by atoms with Crippen LogP contribution in [0.3, 0.4) is 0 Å². The summed E-state index contributed by atoms with van der Waals surface area (Å²) in [5.41, 5.74) is -0.971. The molecule has 0 radical (unpaired) electrons. The van der Waals surface area contributed by atoms with Crippen molar-refractivity contribution in [3.05, 3.63) is 0 Å². The summed E-state index contributed by atoms with van der Waals surface area (Å²) in [6, 6.07) is 0. The standard InChI is InChI=1S/C10H16O4/c1-8(2)12-5-10-7(13-10)4-6(11)9(10,3)14-8/h6-7,11H,4-5H2,1-3H3/t6-,7-,9+,10-/m0/s1. The summed E-state index contributed by atoms with van der Waals surface area (Å²) in [6.07, 6.45) is 0.346. The van der Waals surface area contributed by atoms with Crippen LogP contribution in [0.1, 0.15) is 27.2 Å². The summed E-state index contributed by atoms with van der Waals surface area (Å²) in [5.74, 6) is -0.623. The van der Waals surface area contributed by atoms with Crippen molar-refractivity contribution in [1.82, 2.24) is 0 Å². The molecule has 3 fully saturated rings. The monoisotopic (exact) mass is 200 g/mol. The van der Waals surface area contributed by atoms with Gasteiger partial charge in [0.1, 0.15) is 11.2 Å². The van der Waals surface area contributed by atoms with Gasteiger partial charge in [-0.05, 0) is 20.8 Å². The molecule has 80 valence electrons. The molecule has 4 heteroatoms. The second-order valence-electron chi connectivity index (χ2n) is 5.15. The van der Waals surface area contributed by atoms with Gasteiger partial charge in [-0.15, -0.1) is 0 Å². The molecule has 1 N–H and O–H groups in total. The van der Waals surface area contributed by atoms with Crippen LogP contribution in [-0.2, 0) is 14.2 Å². The van der Waals surface area contributed by atoms with Crippen LogP contribution in [0, 0.1) is 0 Å². The number of aliphatic hydroxyl groups is 1. The zero-order valence-electron chi connectivity index (χ0n) is 8.74. The third kappa shape index (κ3) is 0.834. The van der Waals surface area contributed by atoms with Crippen LogP contribution in [0.15, 0.2) is 0 Å². The van der Waals surface area contributed by atoms with Crippen molar-refractivity contribution in [1.29, 1.82) is 0 Å². The van der Waals surface area contributed by atoms with E-state index in [1.54, 1.807) is 0 Å². The Morgan fingerprint density at radius 1 is 1.29 bits per heavy atom. The van der Waals surface area contributed by atoms with Crippen molar-refractivity contribution in [2.45, 2.75) is 56.4 Å². The van der Waals surface area contributed by atoms with E-state index >= 15 is 0 Å². The van der Waals surface area contributed by atoms with Crippen LogP contribution in [0.2, 0.25) is 0 Å². The maximum atomic E-state index is 9.95. The maximum Gasteiger partial charge on any atom is 0.163 e. The van der Waals surface area contributed by atoms with E-state index in [1.165, 1.54) is 0 Å². The van der Waals surface area contributed by atoms with Crippen LogP contribution in [0.4, 0.5) is 0 Å². The van der Waals surface area contributed by atoms with Crippen LogP contribution in [-0.4, -0.2) is 40.9 Å². The van der Waals surface area contributed by atoms with Gasteiger partial charge in [0, 0.05) is 6.42 Å². The molecule has 2 aliphatic heterocycles. The molecule has 4 nitrogen and oxygen atoms in total. The third-order valence-corrected chi connectivity index (χ3v) is 3.82. The van der Waals surface area contributed by atoms with Crippen LogP contribution in [0.25, 0.3) is 0 Å². The average molecular weight is 200 g/mol. The lowest BCUT2D eigenvalue weighted by Crippen LogP contribution is -2.61. The topological polar surface area (TPSA) is 51.2 Å². The highest BCUT2D eigenvalue weighted by atomic mass is 16.8. The lowest BCUT2D eigenvalue weighted by atomic mass is 9.88. The van der Waals surface area contributed by atoms with E-state index in [9.17, 15) is 5.11 Å². The van der Waals surface area contributed by atoms with E-state index in [0.717, 1.165) is 0 Å². The summed E-state index contributed by atoms with van der Waals surface area (Å²) in [7, 11) is 0. The Hall–Kier alpha value is -0.160. The fraction of sp³-hybridized carbons (Fsp3) is 1.00. The minimum absolute atomic E-state index is 0.124. The largest absolute Gasteiger partial charge is 0.390 e. The number of hydrogen-bond acceptors (Lipinski definition) is 4. The van der Waals surface area contributed by atoms with E-state index in [-0.39, 0.29) is 11.7 Å². The first-order valence-corrected chi connectivity index (χ1v) is 5.10. The van der Waals surface area contributed by atoms with Gasteiger partial charge < -0.3 is 19.3 Å². The molecule has 2 saturated heterocycles. The summed E-state index contributed by atoms with van der Waals surface area (Å²) in [6.45, 7) is 6.19. The zero-order valence-corrected chi connectivity index (χ0v) is 8.74. The number of epoxide rings is 1. The predicted octanol–water partition coefficient (Wildman–Crippen LogP) is 0.430. The first-order valence-electron chi connectivity index (χ1n) is 5.10. The third-order valence-electron chi connectivity index (χ3n) is 3.82. The van der Waals surface area contributed by atoms with Crippen LogP contribution >= 0.6 is 0 Å². The van der Waals surface area contributed by atoms with Gasteiger partial charge in [0.15, 0.2) is 5.79 Å². The summed E-state index contributed by atoms with van der Waals surface area (Å²) in [5, 5.41) is 9.95. The van der Waals surface area contributed by atoms with Gasteiger partial charge in [0.05, 0.1) is 18.8 Å². The molecule has 14 heavy (non-hydrogen) atoms. The van der Waals surface area contributed by atoms with E-state index < -0.39 is 17.5 Å². The lowest BCUT2D eigenvalue weighted by molar-refractivity contribution is -0.345. The molecule has 1 aliphatic carbocycles. The van der Waals surface area contributed by atoms with Gasteiger partial charge in [-0.1, -0.05) is 0 Å². The van der Waals surface area contributed by atoms with E-state index in [4.69, 9.17) is 14.2 Å². The van der Waals surface area contributed by atoms with E-state index in [1.807, 2.05) is 20.8 Å². The van der Waals surface area contributed by atoms with Crippen molar-refractivity contribution in [3.8, 4) is 0 Å². The Kier molecular flexibility index (Phi) is 1.41. The molecule has 0 bridgehead atoms. The number of ether oxygens (including phenoxy) is 3. The van der Waals surface area contributed by atoms with Gasteiger partial charge >= 0.3 is 0 Å². The van der Waals surface area contributed by atoms with Crippen molar-refractivity contribution < 1.29 is 19.3 Å². The molecule has 0 aromatic heterocycles. The molecule has 2 heterocycles. The smallest absolute Gasteiger partial charge is 0.163 e. The Morgan fingerprint density at radius 2 is 2.00 bits per heavy atom. The van der Waals surface area contributed by atoms with Gasteiger partial charge in [-0.25, -0.2) is 0 Å². The molecular formula is C10H16O4. The number of rotatable bonds is 0. The molecule has 0 aromatic carbocycles. The fourth-order valence-electron chi connectivity index (χ4n) is 2.85. The minimum Gasteiger partial charge on any atom is -0.390 e. The molecule has 1 spiro atoms. The highest BCUT2D eigenvalue weighted by Crippen LogP contribution is 2.60. The Morgan fingerprint density at radius 3 is 2.71 bits per heavy atom. The van der Waals surface area contributed by atoms with Gasteiger partial charge in [0.2, 0.25) is 0 Å². The molecule has 0 unspecified atom stereocenters. The van der Waals surface area contributed by atoms with Crippen molar-refractivity contribution in [2.24, 2.45) is 0 Å². The van der Waals surface area contributed by atoms with Crippen LogP contribution in [0.5, 0.6) is 0 Å². The maximum absolute atomic E-state index is 9.95. The lowest BCUT2D eigenvalue weighted by Gasteiger charge is -2.46. The number of hydrogen-bond donors (Lipinski definition) is 1. The highest BCUT2D eigenvalue weighted by Gasteiger charge is 2.78. The highest BCUT2D eigenvalue weighted by molar-refractivity contribution is 5.25. The molecule has 1 saturated carbocycles. The summed E-state index contributed by atoms with van der Waals surface area (Å²) >= 11 is 0. The van der Waals surface area contributed by atoms with Crippen molar-refractivity contribution >= 4 is 0 Å². The number of aliphatic hydroxyl groups excluding tert-OH is 1. The van der Waals surface area contributed by atoms with E-state index in [2.05, 4.69) is 0 Å². The van der Waals surface area contributed by atoms with Gasteiger partial charge in [0.25, 0.3) is 0 Å². The zero-order chi connectivity index (χ0) is 10.2. The average Bonchev–Trinajstić information content (AvgIpc) is 2.69. The first-order chi connectivity index (χ1) is 6.40. The second kappa shape index (κ2) is 2.16. The SMILES string of the molecule is CC1(C)OC[C@]23O[C@H]2C[C@H](O)[C@@]3(C)O1. The molecule has 4 atom stereocenters. The summed E-state index contributed by atoms with van der Waals surface area (Å²) < 4.78 is 17.0. The van der Waals surface area contributed by atoms with Crippen LogP contribution < -0.4 is 0 Å². The van der Waals surface area contributed by atoms with Gasteiger partial charge in [-0.2, -0.15) is 0 Å². The Labute approximate surface area is 83.1 Å². The Bertz CT molecular complexity index is 290. The minimum atomic E-state index is -0.623. The normalized spacial score (nSPS) is 59.1. The molecule has 3 rings (SSSR count). The summed E-state index contributed by atoms with van der Waals surface area (Å²) in [4.78, 5) is 0. The fourth-order valence-corrected chi connectivity index (χ4v) is 2.85. The van der Waals surface area contributed by atoms with E-state index in [0.29, 0.717) is 13.0 Å². The Balaban J connectivity index is 1.97. The molecule has 0 amide bonds. The quantitative estimate of drug-likeness (QED) is 0.576. The molecular weight excluding hydrogens is 184 g/mol. The molecule has 3 aliphatic rings. The van der Waals surface area contributed by atoms with Crippen molar-refractivity contribution in [2.75, 3.05) is 6.61 Å². The second-order valence-corrected chi connectivity index (χ2v) is 5.15. The van der Waals surface area contributed by atoms with Gasteiger partial charge in [-0.3, -0.25) is 0 Å². The predicted molar refractivity (Wildman–Crippen MR) is 47.7 cm³/mol.